The Hall–Kier alpha value is -1.37. The molecule has 6 heteroatoms. The summed E-state index contributed by atoms with van der Waals surface area (Å²) in [6.07, 6.45) is 0. The third kappa shape index (κ3) is 4.34. The van der Waals surface area contributed by atoms with Crippen LogP contribution in [0.2, 0.25) is 0 Å². The molecule has 1 aliphatic heterocycles. The van der Waals surface area contributed by atoms with Gasteiger partial charge in [0.15, 0.2) is 0 Å². The Balaban J connectivity index is 1.62. The lowest BCUT2D eigenvalue weighted by atomic mass is 10.3. The van der Waals surface area contributed by atoms with Crippen molar-refractivity contribution in [2.75, 3.05) is 46.3 Å². The van der Waals surface area contributed by atoms with E-state index in [2.05, 4.69) is 22.2 Å². The van der Waals surface area contributed by atoms with Crippen molar-refractivity contribution in [2.24, 2.45) is 0 Å². The molecule has 0 atom stereocenters. The summed E-state index contributed by atoms with van der Waals surface area (Å²) in [5, 5.41) is 12.0. The van der Waals surface area contributed by atoms with Gasteiger partial charge in [-0.15, -0.1) is 0 Å². The standard InChI is InChI=1S/C13H21N3O3/c1-15-6-8-16(9-7-15)5-4-14-10-11-2-3-12(19-11)13(17)18/h2-3,14H,4-10H2,1H3,(H,17,18). The van der Waals surface area contributed by atoms with Crippen LogP contribution in [0.4, 0.5) is 0 Å². The smallest absolute Gasteiger partial charge is 0.371 e. The van der Waals surface area contributed by atoms with Gasteiger partial charge in [-0.2, -0.15) is 0 Å². The number of nitrogens with one attached hydrogen (secondary N) is 1. The van der Waals surface area contributed by atoms with Crippen LogP contribution in [0.5, 0.6) is 0 Å². The first-order valence-corrected chi connectivity index (χ1v) is 6.59. The average molecular weight is 267 g/mol. The highest BCUT2D eigenvalue weighted by molar-refractivity contribution is 5.84. The molecule has 1 fully saturated rings. The number of hydrogen-bond acceptors (Lipinski definition) is 5. The summed E-state index contributed by atoms with van der Waals surface area (Å²) >= 11 is 0. The van der Waals surface area contributed by atoms with Crippen LogP contribution in [0.1, 0.15) is 16.3 Å². The molecule has 0 saturated carbocycles. The summed E-state index contributed by atoms with van der Waals surface area (Å²) in [4.78, 5) is 15.4. The first-order chi connectivity index (χ1) is 9.15. The molecule has 0 aromatic carbocycles. The van der Waals surface area contributed by atoms with Crippen molar-refractivity contribution in [1.29, 1.82) is 0 Å². The Kier molecular flexibility index (Phi) is 4.95. The van der Waals surface area contributed by atoms with Crippen molar-refractivity contribution < 1.29 is 14.3 Å². The van der Waals surface area contributed by atoms with Crippen LogP contribution in [0.25, 0.3) is 0 Å². The molecule has 0 radical (unpaired) electrons. The molecule has 1 saturated heterocycles. The van der Waals surface area contributed by atoms with Crippen molar-refractivity contribution in [1.82, 2.24) is 15.1 Å². The molecule has 19 heavy (non-hydrogen) atoms. The second-order valence-corrected chi connectivity index (χ2v) is 4.89. The monoisotopic (exact) mass is 267 g/mol. The molecule has 1 aromatic heterocycles. The van der Waals surface area contributed by atoms with Crippen molar-refractivity contribution >= 4 is 5.97 Å². The molecule has 0 amide bonds. The van der Waals surface area contributed by atoms with Crippen LogP contribution < -0.4 is 5.32 Å². The Labute approximate surface area is 113 Å². The molecule has 2 rings (SSSR count). The molecule has 2 N–H and O–H groups in total. The summed E-state index contributed by atoms with van der Waals surface area (Å²) in [7, 11) is 2.15. The average Bonchev–Trinajstić information content (AvgIpc) is 2.86. The molecule has 0 bridgehead atoms. The lowest BCUT2D eigenvalue weighted by Crippen LogP contribution is -2.46. The number of piperazine rings is 1. The van der Waals surface area contributed by atoms with E-state index >= 15 is 0 Å². The van der Waals surface area contributed by atoms with E-state index in [1.807, 2.05) is 0 Å². The zero-order valence-electron chi connectivity index (χ0n) is 11.3. The van der Waals surface area contributed by atoms with E-state index in [-0.39, 0.29) is 5.76 Å². The van der Waals surface area contributed by atoms with E-state index in [9.17, 15) is 4.79 Å². The lowest BCUT2D eigenvalue weighted by molar-refractivity contribution is 0.0660. The molecule has 6 nitrogen and oxygen atoms in total. The lowest BCUT2D eigenvalue weighted by Gasteiger charge is -2.32. The van der Waals surface area contributed by atoms with E-state index in [0.717, 1.165) is 39.3 Å². The third-order valence-electron chi connectivity index (χ3n) is 3.37. The number of likely N-dealkylation sites (N-methyl/N-ethyl adjacent to an activating group) is 1. The molecule has 106 valence electrons. The highest BCUT2D eigenvalue weighted by Crippen LogP contribution is 2.07. The van der Waals surface area contributed by atoms with Gasteiger partial charge in [-0.05, 0) is 19.2 Å². The molecule has 0 unspecified atom stereocenters. The van der Waals surface area contributed by atoms with Gasteiger partial charge in [0.2, 0.25) is 5.76 Å². The summed E-state index contributed by atoms with van der Waals surface area (Å²) < 4.78 is 5.17. The van der Waals surface area contributed by atoms with Gasteiger partial charge in [0.25, 0.3) is 0 Å². The molecular weight excluding hydrogens is 246 g/mol. The molecule has 1 aromatic rings. The minimum absolute atomic E-state index is 0.00383. The SMILES string of the molecule is CN1CCN(CCNCc2ccc(C(=O)O)o2)CC1. The zero-order chi connectivity index (χ0) is 13.7. The fourth-order valence-corrected chi connectivity index (χ4v) is 2.11. The fraction of sp³-hybridized carbons (Fsp3) is 0.615. The Morgan fingerprint density at radius 1 is 1.37 bits per heavy atom. The second-order valence-electron chi connectivity index (χ2n) is 4.89. The second kappa shape index (κ2) is 6.70. The Morgan fingerprint density at radius 3 is 2.74 bits per heavy atom. The van der Waals surface area contributed by atoms with Crippen molar-refractivity contribution in [3.05, 3.63) is 23.7 Å². The molecule has 1 aliphatic rings. The predicted octanol–water partition coefficient (Wildman–Crippen LogP) is 0.315. The van der Waals surface area contributed by atoms with Crippen molar-refractivity contribution in [3.63, 3.8) is 0 Å². The Morgan fingerprint density at radius 2 is 2.11 bits per heavy atom. The minimum Gasteiger partial charge on any atom is -0.475 e. The largest absolute Gasteiger partial charge is 0.475 e. The third-order valence-corrected chi connectivity index (χ3v) is 3.37. The number of nitrogens with zero attached hydrogens (tertiary/aromatic N) is 2. The maximum absolute atomic E-state index is 10.7. The number of rotatable bonds is 6. The molecule has 0 spiro atoms. The summed E-state index contributed by atoms with van der Waals surface area (Å²) in [5.74, 6) is -0.365. The van der Waals surface area contributed by atoms with Gasteiger partial charge in [-0.1, -0.05) is 0 Å². The first-order valence-electron chi connectivity index (χ1n) is 6.59. The predicted molar refractivity (Wildman–Crippen MR) is 71.3 cm³/mol. The molecular formula is C13H21N3O3. The van der Waals surface area contributed by atoms with E-state index in [1.54, 1.807) is 6.07 Å². The van der Waals surface area contributed by atoms with Gasteiger partial charge in [0.05, 0.1) is 6.54 Å². The number of hydrogen-bond donors (Lipinski definition) is 2. The van der Waals surface area contributed by atoms with Crippen LogP contribution in [0, 0.1) is 0 Å². The van der Waals surface area contributed by atoms with Gasteiger partial charge in [-0.25, -0.2) is 4.79 Å². The topological polar surface area (TPSA) is 69.0 Å². The van der Waals surface area contributed by atoms with Gasteiger partial charge in [0, 0.05) is 39.3 Å². The van der Waals surface area contributed by atoms with E-state index in [1.165, 1.54) is 6.07 Å². The van der Waals surface area contributed by atoms with Crippen molar-refractivity contribution in [2.45, 2.75) is 6.54 Å². The summed E-state index contributed by atoms with van der Waals surface area (Å²) in [5.41, 5.74) is 0. The number of carbonyl (C=O) groups is 1. The summed E-state index contributed by atoms with van der Waals surface area (Å²) in [6.45, 7) is 6.94. The zero-order valence-corrected chi connectivity index (χ0v) is 11.3. The maximum Gasteiger partial charge on any atom is 0.371 e. The van der Waals surface area contributed by atoms with E-state index in [0.29, 0.717) is 12.3 Å². The van der Waals surface area contributed by atoms with Gasteiger partial charge < -0.3 is 19.7 Å². The normalized spacial score (nSPS) is 17.7. The summed E-state index contributed by atoms with van der Waals surface area (Å²) in [6, 6.07) is 3.19. The van der Waals surface area contributed by atoms with Gasteiger partial charge in [-0.3, -0.25) is 4.90 Å². The first kappa shape index (κ1) is 14.0. The quantitative estimate of drug-likeness (QED) is 0.723. The minimum atomic E-state index is -1.02. The van der Waals surface area contributed by atoms with Crippen molar-refractivity contribution in [3.8, 4) is 0 Å². The van der Waals surface area contributed by atoms with E-state index in [4.69, 9.17) is 9.52 Å². The van der Waals surface area contributed by atoms with Crippen LogP contribution in [0.15, 0.2) is 16.5 Å². The number of carboxylic acids is 1. The van der Waals surface area contributed by atoms with Gasteiger partial charge >= 0.3 is 5.97 Å². The van der Waals surface area contributed by atoms with E-state index < -0.39 is 5.97 Å². The molecule has 2 heterocycles. The van der Waals surface area contributed by atoms with Crippen LogP contribution in [0.3, 0.4) is 0 Å². The highest BCUT2D eigenvalue weighted by Gasteiger charge is 2.13. The number of aromatic carboxylic acids is 1. The Bertz CT molecular complexity index is 411. The fourth-order valence-electron chi connectivity index (χ4n) is 2.11. The maximum atomic E-state index is 10.7. The highest BCUT2D eigenvalue weighted by atomic mass is 16.4. The molecule has 0 aliphatic carbocycles. The number of carboxylic acid groups (broad SMARTS) is 1. The van der Waals surface area contributed by atoms with Crippen LogP contribution >= 0.6 is 0 Å². The van der Waals surface area contributed by atoms with Crippen LogP contribution in [-0.2, 0) is 6.54 Å². The number of furan rings is 1. The van der Waals surface area contributed by atoms with Gasteiger partial charge in [0.1, 0.15) is 5.76 Å². The van der Waals surface area contributed by atoms with Crippen LogP contribution in [-0.4, -0.2) is 67.2 Å².